The van der Waals surface area contributed by atoms with Crippen LogP contribution in [0, 0.1) is 0 Å². The van der Waals surface area contributed by atoms with E-state index in [2.05, 4.69) is 10.1 Å². The summed E-state index contributed by atoms with van der Waals surface area (Å²) in [6.45, 7) is 1.94. The van der Waals surface area contributed by atoms with Gasteiger partial charge in [0.1, 0.15) is 17.1 Å². The molecule has 4 nitrogen and oxygen atoms in total. The first-order valence-corrected chi connectivity index (χ1v) is 5.39. The van der Waals surface area contributed by atoms with Crippen LogP contribution < -0.4 is 4.74 Å². The molecule has 0 spiro atoms. The average molecular weight is 229 g/mol. The van der Waals surface area contributed by atoms with Gasteiger partial charge in [0, 0.05) is 13.2 Å². The summed E-state index contributed by atoms with van der Waals surface area (Å²) in [5.74, 6) is 0.766. The molecule has 0 amide bonds. The quantitative estimate of drug-likeness (QED) is 0.759. The van der Waals surface area contributed by atoms with E-state index in [0.717, 1.165) is 22.8 Å². The SMILES string of the molecule is COc1ccccc1N=C(C)c1ccn(C)n1. The highest BCUT2D eigenvalue weighted by Crippen LogP contribution is 2.26. The number of benzene rings is 1. The number of hydrogen-bond donors (Lipinski definition) is 0. The maximum absolute atomic E-state index is 5.25. The first-order valence-electron chi connectivity index (χ1n) is 5.39. The molecule has 1 aromatic carbocycles. The first kappa shape index (κ1) is 11.4. The van der Waals surface area contributed by atoms with Crippen molar-refractivity contribution in [3.63, 3.8) is 0 Å². The molecule has 2 aromatic rings. The molecular formula is C13H15N3O. The van der Waals surface area contributed by atoms with Crippen LogP contribution in [0.4, 0.5) is 5.69 Å². The number of rotatable bonds is 3. The zero-order valence-electron chi connectivity index (χ0n) is 10.2. The van der Waals surface area contributed by atoms with Gasteiger partial charge in [0.05, 0.1) is 12.8 Å². The highest BCUT2D eigenvalue weighted by molar-refractivity contribution is 5.98. The fourth-order valence-electron chi connectivity index (χ4n) is 1.57. The first-order chi connectivity index (χ1) is 8.20. The smallest absolute Gasteiger partial charge is 0.144 e. The van der Waals surface area contributed by atoms with Gasteiger partial charge in [-0.15, -0.1) is 0 Å². The Hall–Kier alpha value is -2.10. The van der Waals surface area contributed by atoms with E-state index in [4.69, 9.17) is 4.74 Å². The minimum atomic E-state index is 0.766. The molecule has 0 fully saturated rings. The summed E-state index contributed by atoms with van der Waals surface area (Å²) in [7, 11) is 3.53. The van der Waals surface area contributed by atoms with E-state index >= 15 is 0 Å². The standard InChI is InChI=1S/C13H15N3O/c1-10(11-8-9-16(2)15-11)14-12-6-4-5-7-13(12)17-3/h4-9H,1-3H3. The fourth-order valence-corrected chi connectivity index (χ4v) is 1.57. The molecule has 0 radical (unpaired) electrons. The van der Waals surface area contributed by atoms with Crippen LogP contribution in [0.15, 0.2) is 41.5 Å². The Morgan fingerprint density at radius 3 is 2.71 bits per heavy atom. The van der Waals surface area contributed by atoms with Gasteiger partial charge in [-0.1, -0.05) is 12.1 Å². The molecular weight excluding hydrogens is 214 g/mol. The molecule has 2 rings (SSSR count). The second-order valence-corrected chi connectivity index (χ2v) is 3.74. The lowest BCUT2D eigenvalue weighted by atomic mass is 10.2. The van der Waals surface area contributed by atoms with Gasteiger partial charge in [-0.25, -0.2) is 4.99 Å². The van der Waals surface area contributed by atoms with E-state index in [9.17, 15) is 0 Å². The highest BCUT2D eigenvalue weighted by atomic mass is 16.5. The van der Waals surface area contributed by atoms with E-state index in [0.29, 0.717) is 0 Å². The Morgan fingerprint density at radius 2 is 2.06 bits per heavy atom. The minimum Gasteiger partial charge on any atom is -0.494 e. The summed E-state index contributed by atoms with van der Waals surface area (Å²) in [6, 6.07) is 9.62. The molecule has 17 heavy (non-hydrogen) atoms. The maximum Gasteiger partial charge on any atom is 0.144 e. The van der Waals surface area contributed by atoms with Crippen LogP contribution in [0.2, 0.25) is 0 Å². The Balaban J connectivity index is 2.35. The zero-order chi connectivity index (χ0) is 12.3. The zero-order valence-corrected chi connectivity index (χ0v) is 10.2. The predicted molar refractivity (Wildman–Crippen MR) is 68.1 cm³/mol. The highest BCUT2D eigenvalue weighted by Gasteiger charge is 2.04. The molecule has 0 aliphatic rings. The van der Waals surface area contributed by atoms with Crippen LogP contribution in [0.25, 0.3) is 0 Å². The molecule has 0 aliphatic carbocycles. The number of hydrogen-bond acceptors (Lipinski definition) is 3. The molecule has 0 unspecified atom stereocenters. The van der Waals surface area contributed by atoms with Crippen molar-refractivity contribution in [2.75, 3.05) is 7.11 Å². The average Bonchev–Trinajstić information content (AvgIpc) is 2.77. The van der Waals surface area contributed by atoms with E-state index < -0.39 is 0 Å². The predicted octanol–water partition coefficient (Wildman–Crippen LogP) is 2.57. The molecule has 1 heterocycles. The Morgan fingerprint density at radius 1 is 1.29 bits per heavy atom. The van der Waals surface area contributed by atoms with Gasteiger partial charge in [0.25, 0.3) is 0 Å². The second kappa shape index (κ2) is 4.82. The summed E-state index contributed by atoms with van der Waals surface area (Å²) < 4.78 is 7.02. The third-order valence-electron chi connectivity index (χ3n) is 2.46. The Labute approximate surface area is 101 Å². The maximum atomic E-state index is 5.25. The molecule has 0 bridgehead atoms. The number of aryl methyl sites for hydroxylation is 1. The molecule has 0 saturated carbocycles. The second-order valence-electron chi connectivity index (χ2n) is 3.74. The van der Waals surface area contributed by atoms with Crippen molar-refractivity contribution in [3.8, 4) is 5.75 Å². The lowest BCUT2D eigenvalue weighted by Crippen LogP contribution is -1.97. The molecule has 0 aliphatic heterocycles. The van der Waals surface area contributed by atoms with E-state index in [1.54, 1.807) is 11.8 Å². The Kier molecular flexibility index (Phi) is 3.23. The van der Waals surface area contributed by atoms with Crippen LogP contribution >= 0.6 is 0 Å². The van der Waals surface area contributed by atoms with E-state index in [-0.39, 0.29) is 0 Å². The van der Waals surface area contributed by atoms with Gasteiger partial charge >= 0.3 is 0 Å². The number of methoxy groups -OCH3 is 1. The molecule has 0 atom stereocenters. The summed E-state index contributed by atoms with van der Waals surface area (Å²) >= 11 is 0. The van der Waals surface area contributed by atoms with Crippen LogP contribution in [-0.2, 0) is 7.05 Å². The fraction of sp³-hybridized carbons (Fsp3) is 0.231. The third kappa shape index (κ3) is 2.53. The Bertz CT molecular complexity index is 543. The number of nitrogens with zero attached hydrogens (tertiary/aromatic N) is 3. The van der Waals surface area contributed by atoms with E-state index in [1.165, 1.54) is 0 Å². The van der Waals surface area contributed by atoms with Crippen LogP contribution in [0.1, 0.15) is 12.6 Å². The molecule has 4 heteroatoms. The summed E-state index contributed by atoms with van der Waals surface area (Å²) in [4.78, 5) is 4.53. The lowest BCUT2D eigenvalue weighted by molar-refractivity contribution is 0.416. The monoisotopic (exact) mass is 229 g/mol. The molecule has 0 N–H and O–H groups in total. The van der Waals surface area contributed by atoms with Crippen molar-refractivity contribution in [2.24, 2.45) is 12.0 Å². The van der Waals surface area contributed by atoms with Crippen molar-refractivity contribution in [3.05, 3.63) is 42.2 Å². The van der Waals surface area contributed by atoms with Crippen molar-refractivity contribution >= 4 is 11.4 Å². The van der Waals surface area contributed by atoms with Crippen LogP contribution in [-0.4, -0.2) is 22.6 Å². The summed E-state index contributed by atoms with van der Waals surface area (Å²) in [5.41, 5.74) is 2.56. The number of para-hydroxylation sites is 2. The normalized spacial score (nSPS) is 11.6. The van der Waals surface area contributed by atoms with Crippen LogP contribution in [0.3, 0.4) is 0 Å². The number of ether oxygens (including phenoxy) is 1. The van der Waals surface area contributed by atoms with Crippen molar-refractivity contribution in [1.82, 2.24) is 9.78 Å². The molecule has 0 saturated heterocycles. The number of aliphatic imine (C=N–C) groups is 1. The van der Waals surface area contributed by atoms with Gasteiger partial charge in [-0.3, -0.25) is 4.68 Å². The summed E-state index contributed by atoms with van der Waals surface area (Å²) in [6.07, 6.45) is 1.90. The van der Waals surface area contributed by atoms with Gasteiger partial charge in [-0.05, 0) is 25.1 Å². The topological polar surface area (TPSA) is 39.4 Å². The van der Waals surface area contributed by atoms with Crippen molar-refractivity contribution in [1.29, 1.82) is 0 Å². The van der Waals surface area contributed by atoms with Crippen LogP contribution in [0.5, 0.6) is 5.75 Å². The van der Waals surface area contributed by atoms with E-state index in [1.807, 2.05) is 50.5 Å². The lowest BCUT2D eigenvalue weighted by Gasteiger charge is -2.04. The molecule has 1 aromatic heterocycles. The van der Waals surface area contributed by atoms with Gasteiger partial charge in [0.15, 0.2) is 0 Å². The number of aromatic nitrogens is 2. The van der Waals surface area contributed by atoms with Gasteiger partial charge < -0.3 is 4.74 Å². The van der Waals surface area contributed by atoms with Crippen molar-refractivity contribution < 1.29 is 4.74 Å². The minimum absolute atomic E-state index is 0.766. The van der Waals surface area contributed by atoms with Crippen molar-refractivity contribution in [2.45, 2.75) is 6.92 Å². The third-order valence-corrected chi connectivity index (χ3v) is 2.46. The van der Waals surface area contributed by atoms with Gasteiger partial charge in [0.2, 0.25) is 0 Å². The van der Waals surface area contributed by atoms with Gasteiger partial charge in [-0.2, -0.15) is 5.10 Å². The summed E-state index contributed by atoms with van der Waals surface area (Å²) in [5, 5.41) is 4.31. The molecule has 88 valence electrons. The largest absolute Gasteiger partial charge is 0.494 e.